The highest BCUT2D eigenvalue weighted by Gasteiger charge is 2.14. The first-order valence-electron chi connectivity index (χ1n) is 9.39. The van der Waals surface area contributed by atoms with Crippen LogP contribution in [0.15, 0.2) is 66.4 Å². The summed E-state index contributed by atoms with van der Waals surface area (Å²) in [5, 5.41) is 2.97. The Hall–Kier alpha value is -3.71. The van der Waals surface area contributed by atoms with Gasteiger partial charge in [-0.15, -0.1) is 11.3 Å². The fraction of sp³-hybridized carbons (Fsp3) is 0.0870. The minimum atomic E-state index is -0.202. The number of carbonyl (C=O) groups excluding carboxylic acids is 1. The van der Waals surface area contributed by atoms with E-state index in [4.69, 9.17) is 9.72 Å². The Balaban J connectivity index is 1.49. The summed E-state index contributed by atoms with van der Waals surface area (Å²) in [4.78, 5) is 21.8. The smallest absolute Gasteiger partial charge is 0.255 e. The number of pyridine rings is 1. The summed E-state index contributed by atoms with van der Waals surface area (Å²) in [5.41, 5.74) is 7.58. The molecular weight excluding hydrogens is 396 g/mol. The van der Waals surface area contributed by atoms with Crippen molar-refractivity contribution in [3.63, 3.8) is 0 Å². The third-order valence-corrected chi connectivity index (χ3v) is 5.74. The van der Waals surface area contributed by atoms with Gasteiger partial charge in [-0.3, -0.25) is 4.79 Å². The van der Waals surface area contributed by atoms with E-state index in [9.17, 15) is 4.79 Å². The van der Waals surface area contributed by atoms with Gasteiger partial charge in [-0.05, 0) is 61.0 Å². The van der Waals surface area contributed by atoms with Crippen LogP contribution in [0, 0.1) is 6.92 Å². The van der Waals surface area contributed by atoms with Crippen LogP contribution < -0.4 is 10.1 Å². The molecule has 7 heteroatoms. The Morgan fingerprint density at radius 3 is 2.90 bits per heavy atom. The monoisotopic (exact) mass is 414 g/mol. The first-order valence-corrected chi connectivity index (χ1v) is 10.3. The van der Waals surface area contributed by atoms with Crippen molar-refractivity contribution in [1.29, 1.82) is 0 Å². The van der Waals surface area contributed by atoms with Gasteiger partial charge in [0.1, 0.15) is 11.4 Å². The molecule has 0 bridgehead atoms. The number of hydrogen-bond acceptors (Lipinski definition) is 5. The van der Waals surface area contributed by atoms with Gasteiger partial charge < -0.3 is 14.5 Å². The summed E-state index contributed by atoms with van der Waals surface area (Å²) < 4.78 is 8.41. The number of fused-ring (bicyclic) bond motifs is 2. The average Bonchev–Trinajstić information content (AvgIpc) is 3.39. The fourth-order valence-corrected chi connectivity index (χ4v) is 4.09. The Kier molecular flexibility index (Phi) is 4.44. The molecule has 0 saturated heterocycles. The molecule has 0 unspecified atom stereocenters. The fourth-order valence-electron chi connectivity index (χ4n) is 3.38. The van der Waals surface area contributed by atoms with E-state index >= 15 is 0 Å². The largest absolute Gasteiger partial charge is 0.495 e. The van der Waals surface area contributed by atoms with E-state index in [0.29, 0.717) is 17.0 Å². The van der Waals surface area contributed by atoms with Crippen LogP contribution in [0.2, 0.25) is 0 Å². The van der Waals surface area contributed by atoms with Crippen LogP contribution in [0.3, 0.4) is 0 Å². The maximum Gasteiger partial charge on any atom is 0.255 e. The molecule has 148 valence electrons. The van der Waals surface area contributed by atoms with Gasteiger partial charge in [0.25, 0.3) is 5.91 Å². The Morgan fingerprint density at radius 1 is 1.13 bits per heavy atom. The predicted molar refractivity (Wildman–Crippen MR) is 119 cm³/mol. The van der Waals surface area contributed by atoms with Gasteiger partial charge in [0.05, 0.1) is 34.2 Å². The molecule has 5 rings (SSSR count). The van der Waals surface area contributed by atoms with Crippen LogP contribution in [0.1, 0.15) is 15.9 Å². The number of benzene rings is 2. The van der Waals surface area contributed by atoms with Crippen LogP contribution in [-0.4, -0.2) is 27.4 Å². The number of aromatic nitrogens is 3. The maximum absolute atomic E-state index is 12.9. The number of amides is 1. The van der Waals surface area contributed by atoms with Crippen molar-refractivity contribution in [2.45, 2.75) is 6.92 Å². The molecule has 1 N–H and O–H groups in total. The number of carbonyl (C=O) groups is 1. The highest BCUT2D eigenvalue weighted by Crippen LogP contribution is 2.31. The van der Waals surface area contributed by atoms with E-state index in [1.807, 2.05) is 66.2 Å². The second-order valence-corrected chi connectivity index (χ2v) is 7.89. The lowest BCUT2D eigenvalue weighted by atomic mass is 10.1. The van der Waals surface area contributed by atoms with E-state index in [-0.39, 0.29) is 5.91 Å². The van der Waals surface area contributed by atoms with Crippen LogP contribution in [-0.2, 0) is 0 Å². The summed E-state index contributed by atoms with van der Waals surface area (Å²) in [7, 11) is 1.59. The van der Waals surface area contributed by atoms with Crippen molar-refractivity contribution in [2.24, 2.45) is 0 Å². The van der Waals surface area contributed by atoms with E-state index < -0.39 is 0 Å². The number of thiazole rings is 1. The van der Waals surface area contributed by atoms with Crippen molar-refractivity contribution in [1.82, 2.24) is 14.4 Å². The normalized spacial score (nSPS) is 11.1. The maximum atomic E-state index is 12.9. The quantitative estimate of drug-likeness (QED) is 0.440. The number of hydrogen-bond donors (Lipinski definition) is 1. The second kappa shape index (κ2) is 7.27. The average molecular weight is 414 g/mol. The molecule has 5 aromatic rings. The molecule has 0 aliphatic carbocycles. The summed E-state index contributed by atoms with van der Waals surface area (Å²) in [5.74, 6) is 0.386. The van der Waals surface area contributed by atoms with Crippen molar-refractivity contribution in [3.05, 3.63) is 77.6 Å². The highest BCUT2D eigenvalue weighted by atomic mass is 32.1. The minimum Gasteiger partial charge on any atom is -0.495 e. The van der Waals surface area contributed by atoms with Gasteiger partial charge in [-0.2, -0.15) is 0 Å². The standard InChI is InChI=1S/C23H18N4O2S/c1-14-7-8-27-12-19(25-22(27)9-14)15-4-6-20(29-2)18(10-15)26-23(28)16-3-5-17-21(11-16)30-13-24-17/h3-13H,1-2H3,(H,26,28). The lowest BCUT2D eigenvalue weighted by Crippen LogP contribution is -2.12. The first kappa shape index (κ1) is 18.3. The van der Waals surface area contributed by atoms with Crippen molar-refractivity contribution >= 4 is 38.8 Å². The van der Waals surface area contributed by atoms with Gasteiger partial charge in [-0.25, -0.2) is 9.97 Å². The van der Waals surface area contributed by atoms with Gasteiger partial charge in [-0.1, -0.05) is 0 Å². The molecule has 30 heavy (non-hydrogen) atoms. The molecule has 6 nitrogen and oxygen atoms in total. The Morgan fingerprint density at radius 2 is 2.03 bits per heavy atom. The van der Waals surface area contributed by atoms with Crippen LogP contribution in [0.4, 0.5) is 5.69 Å². The predicted octanol–water partition coefficient (Wildman–Crippen LogP) is 5.18. The van der Waals surface area contributed by atoms with Gasteiger partial charge >= 0.3 is 0 Å². The van der Waals surface area contributed by atoms with Crippen molar-refractivity contribution < 1.29 is 9.53 Å². The number of nitrogens with one attached hydrogen (secondary N) is 1. The molecule has 0 fully saturated rings. The topological polar surface area (TPSA) is 68.5 Å². The zero-order valence-corrected chi connectivity index (χ0v) is 17.2. The van der Waals surface area contributed by atoms with E-state index in [1.165, 1.54) is 11.3 Å². The number of aryl methyl sites for hydroxylation is 1. The molecule has 0 aliphatic heterocycles. The third-order valence-electron chi connectivity index (χ3n) is 4.95. The van der Waals surface area contributed by atoms with Crippen LogP contribution in [0.25, 0.3) is 27.1 Å². The van der Waals surface area contributed by atoms with Gasteiger partial charge in [0.15, 0.2) is 0 Å². The number of rotatable bonds is 4. The summed E-state index contributed by atoms with van der Waals surface area (Å²) in [6, 6.07) is 15.2. The number of imidazole rings is 1. The molecule has 2 aromatic carbocycles. The van der Waals surface area contributed by atoms with Crippen molar-refractivity contribution in [2.75, 3.05) is 12.4 Å². The van der Waals surface area contributed by atoms with Gasteiger partial charge in [0, 0.05) is 23.5 Å². The molecule has 0 atom stereocenters. The van der Waals surface area contributed by atoms with E-state index in [0.717, 1.165) is 32.7 Å². The summed E-state index contributed by atoms with van der Waals surface area (Å²) in [6.45, 7) is 2.04. The molecular formula is C23H18N4O2S. The summed E-state index contributed by atoms with van der Waals surface area (Å²) in [6.07, 6.45) is 3.96. The molecule has 0 spiro atoms. The van der Waals surface area contributed by atoms with Gasteiger partial charge in [0.2, 0.25) is 0 Å². The zero-order chi connectivity index (χ0) is 20.7. The Labute approximate surface area is 176 Å². The van der Waals surface area contributed by atoms with Crippen LogP contribution in [0.5, 0.6) is 5.75 Å². The molecule has 0 aliphatic rings. The lowest BCUT2D eigenvalue weighted by Gasteiger charge is -2.11. The number of methoxy groups -OCH3 is 1. The van der Waals surface area contributed by atoms with E-state index in [1.54, 1.807) is 18.7 Å². The lowest BCUT2D eigenvalue weighted by molar-refractivity contribution is 0.102. The second-order valence-electron chi connectivity index (χ2n) is 7.00. The summed E-state index contributed by atoms with van der Waals surface area (Å²) >= 11 is 1.51. The first-order chi connectivity index (χ1) is 14.6. The van der Waals surface area contributed by atoms with Crippen molar-refractivity contribution in [3.8, 4) is 17.0 Å². The minimum absolute atomic E-state index is 0.202. The molecule has 0 saturated carbocycles. The number of nitrogens with zero attached hydrogens (tertiary/aromatic N) is 3. The molecule has 1 amide bonds. The SMILES string of the molecule is COc1ccc(-c2cn3ccc(C)cc3n2)cc1NC(=O)c1ccc2ncsc2c1. The zero-order valence-electron chi connectivity index (χ0n) is 16.4. The highest BCUT2D eigenvalue weighted by molar-refractivity contribution is 7.16. The third kappa shape index (κ3) is 3.29. The van der Waals surface area contributed by atoms with Crippen LogP contribution >= 0.6 is 11.3 Å². The number of ether oxygens (including phenoxy) is 1. The number of anilines is 1. The Bertz CT molecular complexity index is 1400. The molecule has 3 heterocycles. The molecule has 3 aromatic heterocycles. The van der Waals surface area contributed by atoms with E-state index in [2.05, 4.69) is 10.3 Å². The molecule has 0 radical (unpaired) electrons.